The number of methoxy groups -OCH3 is 1. The van der Waals surface area contributed by atoms with Gasteiger partial charge in [-0.25, -0.2) is 19.6 Å². The molecular formula is C42H49N7O6. The van der Waals surface area contributed by atoms with Gasteiger partial charge in [-0.1, -0.05) is 62.4 Å². The number of hydrogen-bond acceptors (Lipinski definition) is 8. The van der Waals surface area contributed by atoms with Crippen molar-refractivity contribution >= 4 is 28.9 Å². The van der Waals surface area contributed by atoms with Crippen LogP contribution >= 0.6 is 0 Å². The molecule has 3 aromatic carbocycles. The second-order valence-corrected chi connectivity index (χ2v) is 15.8. The summed E-state index contributed by atoms with van der Waals surface area (Å²) in [6.45, 7) is 10.1. The number of nitrogens with zero attached hydrogens (tertiary/aromatic N) is 4. The van der Waals surface area contributed by atoms with Gasteiger partial charge >= 0.3 is 12.2 Å². The Hall–Kier alpha value is -5.69. The molecule has 4 heterocycles. The SMILES string of the molecule is COC(=O)NC(C(=O)N1CCC[C@H]1c1ncc(-c2ccc(-c3ccc4cc(-c5cnc([C@@H]6C[C@H](O)CN6C(=O)OC(C)(C)C)[nH]5)ccc4c3)cc2)[nH]1)C(C)C. The van der Waals surface area contributed by atoms with Crippen molar-refractivity contribution in [2.24, 2.45) is 5.92 Å². The van der Waals surface area contributed by atoms with Gasteiger partial charge in [0.2, 0.25) is 5.91 Å². The molecule has 7 rings (SSSR count). The largest absolute Gasteiger partial charge is 0.453 e. The summed E-state index contributed by atoms with van der Waals surface area (Å²) in [5.41, 5.74) is 5.16. The third-order valence-corrected chi connectivity index (χ3v) is 10.3. The number of aliphatic hydroxyl groups is 1. The number of carbonyl (C=O) groups excluding carboxylic acids is 3. The number of aromatic nitrogens is 4. The first-order chi connectivity index (χ1) is 26.3. The molecular weight excluding hydrogens is 699 g/mol. The van der Waals surface area contributed by atoms with E-state index in [1.807, 2.05) is 45.7 Å². The molecule has 0 aliphatic carbocycles. The summed E-state index contributed by atoms with van der Waals surface area (Å²) >= 11 is 0. The Morgan fingerprint density at radius 2 is 1.42 bits per heavy atom. The van der Waals surface area contributed by atoms with Crippen molar-refractivity contribution in [3.05, 3.63) is 84.7 Å². The standard InChI is InChI=1S/C42H49N7O6/c1-24(2)36(47-40(52)54-6)39(51)48-17-7-8-34(48)37-43-21-32(45-37)26-11-9-25(10-12-26)27-13-14-29-19-30(16-15-28(29)18-27)33-22-44-38(46-33)35-20-31(50)23-49(35)41(53)55-42(3,4)5/h9-16,18-19,21-22,24,31,34-36,50H,7-8,17,20,23H2,1-6H3,(H,43,45)(H,44,46)(H,47,52)/t31-,34-,35-,36?/m0/s1. The van der Waals surface area contributed by atoms with Crippen LogP contribution in [-0.4, -0.2) is 90.9 Å². The number of carbonyl (C=O) groups is 3. The molecule has 288 valence electrons. The van der Waals surface area contributed by atoms with Gasteiger partial charge in [0.1, 0.15) is 23.3 Å². The van der Waals surface area contributed by atoms with Gasteiger partial charge in [0.25, 0.3) is 0 Å². The molecule has 0 spiro atoms. The molecule has 0 radical (unpaired) electrons. The van der Waals surface area contributed by atoms with Crippen LogP contribution in [0.2, 0.25) is 0 Å². The number of imidazole rings is 2. The van der Waals surface area contributed by atoms with Crippen molar-refractivity contribution in [1.82, 2.24) is 35.1 Å². The minimum atomic E-state index is -0.685. The minimum absolute atomic E-state index is 0.102. The third kappa shape index (κ3) is 8.07. The zero-order chi connectivity index (χ0) is 39.0. The summed E-state index contributed by atoms with van der Waals surface area (Å²) in [6.07, 6.45) is 3.86. The molecule has 0 saturated carbocycles. The zero-order valence-electron chi connectivity index (χ0n) is 32.1. The summed E-state index contributed by atoms with van der Waals surface area (Å²) in [7, 11) is 1.29. The van der Waals surface area contributed by atoms with Gasteiger partial charge < -0.3 is 34.8 Å². The average Bonchev–Trinajstić information content (AvgIpc) is 3.99. The van der Waals surface area contributed by atoms with E-state index in [4.69, 9.17) is 9.47 Å². The molecule has 4 N–H and O–H groups in total. The van der Waals surface area contributed by atoms with Crippen LogP contribution in [0, 0.1) is 5.92 Å². The van der Waals surface area contributed by atoms with Crippen LogP contribution in [0.15, 0.2) is 73.1 Å². The predicted octanol–water partition coefficient (Wildman–Crippen LogP) is 7.37. The number of hydrogen-bond donors (Lipinski definition) is 4. The third-order valence-electron chi connectivity index (χ3n) is 10.3. The molecule has 2 aliphatic rings. The van der Waals surface area contributed by atoms with Crippen molar-refractivity contribution in [2.75, 3.05) is 20.2 Å². The average molecular weight is 748 g/mol. The lowest BCUT2D eigenvalue weighted by Crippen LogP contribution is -2.51. The lowest BCUT2D eigenvalue weighted by molar-refractivity contribution is -0.135. The van der Waals surface area contributed by atoms with Crippen LogP contribution in [0.3, 0.4) is 0 Å². The van der Waals surface area contributed by atoms with E-state index < -0.39 is 36.0 Å². The Bertz CT molecular complexity index is 2190. The van der Waals surface area contributed by atoms with Crippen molar-refractivity contribution in [2.45, 2.75) is 83.7 Å². The van der Waals surface area contributed by atoms with Gasteiger partial charge in [0.05, 0.1) is 55.6 Å². The quantitative estimate of drug-likeness (QED) is 0.128. The highest BCUT2D eigenvalue weighted by Crippen LogP contribution is 2.36. The lowest BCUT2D eigenvalue weighted by Gasteiger charge is -2.30. The number of fused-ring (bicyclic) bond motifs is 1. The van der Waals surface area contributed by atoms with E-state index >= 15 is 0 Å². The summed E-state index contributed by atoms with van der Waals surface area (Å²) in [4.78, 5) is 57.8. The highest BCUT2D eigenvalue weighted by Gasteiger charge is 2.40. The highest BCUT2D eigenvalue weighted by atomic mass is 16.6. The van der Waals surface area contributed by atoms with Gasteiger partial charge in [-0.15, -0.1) is 0 Å². The summed E-state index contributed by atoms with van der Waals surface area (Å²) in [5, 5.41) is 15.3. The topological polar surface area (TPSA) is 166 Å². The number of nitrogens with one attached hydrogen (secondary N) is 3. The Balaban J connectivity index is 1.03. The molecule has 13 heteroatoms. The first kappa shape index (κ1) is 37.6. The summed E-state index contributed by atoms with van der Waals surface area (Å²) in [5.74, 6) is 1.10. The van der Waals surface area contributed by atoms with Crippen molar-refractivity contribution in [1.29, 1.82) is 0 Å². The second kappa shape index (κ2) is 15.2. The van der Waals surface area contributed by atoms with Gasteiger partial charge in [0.15, 0.2) is 0 Å². The number of alkyl carbamates (subject to hydrolysis) is 1. The number of rotatable bonds is 8. The molecule has 13 nitrogen and oxygen atoms in total. The Morgan fingerprint density at radius 1 is 0.836 bits per heavy atom. The van der Waals surface area contributed by atoms with E-state index in [0.717, 1.165) is 63.1 Å². The molecule has 55 heavy (non-hydrogen) atoms. The predicted molar refractivity (Wildman–Crippen MR) is 209 cm³/mol. The van der Waals surface area contributed by atoms with Gasteiger partial charge in [-0.2, -0.15) is 0 Å². The Labute approximate surface area is 320 Å². The number of likely N-dealkylation sites (tertiary alicyclic amines) is 2. The summed E-state index contributed by atoms with van der Waals surface area (Å²) in [6, 6.07) is 19.7. The van der Waals surface area contributed by atoms with E-state index in [0.29, 0.717) is 18.8 Å². The number of β-amino-alcohol motifs (C(OH)–C–C–N with tert-alkyl or cyclic N) is 1. The maximum Gasteiger partial charge on any atom is 0.411 e. The molecule has 0 bridgehead atoms. The minimum Gasteiger partial charge on any atom is -0.453 e. The van der Waals surface area contributed by atoms with Gasteiger partial charge in [-0.05, 0) is 79.1 Å². The molecule has 2 fully saturated rings. The maximum absolute atomic E-state index is 13.5. The molecule has 4 atom stereocenters. The van der Waals surface area contributed by atoms with E-state index in [1.165, 1.54) is 7.11 Å². The lowest BCUT2D eigenvalue weighted by atomic mass is 9.98. The molecule has 1 unspecified atom stereocenters. The van der Waals surface area contributed by atoms with Crippen LogP contribution in [0.5, 0.6) is 0 Å². The normalized spacial score (nSPS) is 19.2. The molecule has 2 saturated heterocycles. The molecule has 2 aliphatic heterocycles. The van der Waals surface area contributed by atoms with E-state index in [1.54, 1.807) is 11.1 Å². The fourth-order valence-corrected chi connectivity index (χ4v) is 7.53. The highest BCUT2D eigenvalue weighted by molar-refractivity contribution is 5.91. The molecule has 3 amide bonds. The number of benzene rings is 3. The van der Waals surface area contributed by atoms with E-state index in [9.17, 15) is 19.5 Å². The maximum atomic E-state index is 13.5. The Kier molecular flexibility index (Phi) is 10.4. The van der Waals surface area contributed by atoms with Crippen LogP contribution in [0.4, 0.5) is 9.59 Å². The van der Waals surface area contributed by atoms with Gasteiger partial charge in [-0.3, -0.25) is 9.69 Å². The number of H-pyrrole nitrogens is 2. The van der Waals surface area contributed by atoms with Crippen LogP contribution in [0.1, 0.15) is 77.6 Å². The van der Waals surface area contributed by atoms with Crippen LogP contribution < -0.4 is 5.32 Å². The first-order valence-corrected chi connectivity index (χ1v) is 18.9. The monoisotopic (exact) mass is 747 g/mol. The van der Waals surface area contributed by atoms with E-state index in [2.05, 4.69) is 85.9 Å². The Morgan fingerprint density at radius 3 is 2.05 bits per heavy atom. The number of aromatic amines is 2. The zero-order valence-corrected chi connectivity index (χ0v) is 32.1. The number of amides is 3. The fraction of sp³-hybridized carbons (Fsp3) is 0.405. The van der Waals surface area contributed by atoms with Crippen molar-refractivity contribution in [3.63, 3.8) is 0 Å². The smallest absolute Gasteiger partial charge is 0.411 e. The summed E-state index contributed by atoms with van der Waals surface area (Å²) < 4.78 is 10.3. The van der Waals surface area contributed by atoms with Gasteiger partial charge in [0, 0.05) is 18.5 Å². The fourth-order valence-electron chi connectivity index (χ4n) is 7.53. The van der Waals surface area contributed by atoms with E-state index in [-0.39, 0.29) is 24.4 Å². The van der Waals surface area contributed by atoms with Crippen LogP contribution in [-0.2, 0) is 14.3 Å². The molecule has 5 aromatic rings. The second-order valence-electron chi connectivity index (χ2n) is 15.8. The number of aliphatic hydroxyl groups excluding tert-OH is 1. The number of ether oxygens (including phenoxy) is 2. The molecule has 2 aromatic heterocycles. The van der Waals surface area contributed by atoms with Crippen LogP contribution in [0.25, 0.3) is 44.4 Å². The first-order valence-electron chi connectivity index (χ1n) is 18.9. The van der Waals surface area contributed by atoms with Crippen molar-refractivity contribution < 1.29 is 29.0 Å². The van der Waals surface area contributed by atoms with Crippen molar-refractivity contribution in [3.8, 4) is 33.6 Å².